The molecule has 0 aliphatic heterocycles. The van der Waals surface area contributed by atoms with Gasteiger partial charge in [0, 0.05) is 21.7 Å². The molecule has 2 aromatic heterocycles. The molecule has 162 valence electrons. The summed E-state index contributed by atoms with van der Waals surface area (Å²) in [5, 5.41) is 11.0. The van der Waals surface area contributed by atoms with Crippen molar-refractivity contribution >= 4 is 65.2 Å². The Hall–Kier alpha value is -4.69. The second-order valence-electron chi connectivity index (χ2n) is 9.19. The Morgan fingerprint density at radius 3 is 1.83 bits per heavy atom. The maximum absolute atomic E-state index is 6.36. The normalized spacial score (nSPS) is 12.0. The van der Waals surface area contributed by atoms with Crippen molar-refractivity contribution < 1.29 is 4.42 Å². The van der Waals surface area contributed by atoms with E-state index in [2.05, 4.69) is 103 Å². The van der Waals surface area contributed by atoms with Gasteiger partial charge in [0.15, 0.2) is 0 Å². The molecule has 2 nitrogen and oxygen atoms in total. The Labute approximate surface area is 201 Å². The van der Waals surface area contributed by atoms with Crippen molar-refractivity contribution in [3.05, 3.63) is 115 Å². The minimum atomic E-state index is 0.897. The van der Waals surface area contributed by atoms with E-state index in [1.54, 1.807) is 0 Å². The van der Waals surface area contributed by atoms with Gasteiger partial charge in [-0.1, -0.05) is 72.8 Å². The lowest BCUT2D eigenvalue weighted by molar-refractivity contribution is 0.669. The molecule has 0 saturated carbocycles. The van der Waals surface area contributed by atoms with Crippen LogP contribution in [0.5, 0.6) is 0 Å². The Kier molecular flexibility index (Phi) is 3.69. The van der Waals surface area contributed by atoms with E-state index < -0.39 is 0 Å². The number of hydrogen-bond acceptors (Lipinski definition) is 2. The highest BCUT2D eigenvalue weighted by molar-refractivity contribution is 6.28. The Morgan fingerprint density at radius 2 is 1.06 bits per heavy atom. The third-order valence-electron chi connectivity index (χ3n) is 7.23. The molecular formula is C33H19NO. The van der Waals surface area contributed by atoms with Crippen molar-refractivity contribution in [3.63, 3.8) is 0 Å². The molecule has 0 bridgehead atoms. The molecule has 35 heavy (non-hydrogen) atoms. The third kappa shape index (κ3) is 2.68. The first-order chi connectivity index (χ1) is 17.3. The van der Waals surface area contributed by atoms with Crippen LogP contribution in [0.3, 0.4) is 0 Å². The van der Waals surface area contributed by atoms with E-state index in [1.807, 2.05) is 12.1 Å². The van der Waals surface area contributed by atoms with Gasteiger partial charge in [-0.3, -0.25) is 0 Å². The Balaban J connectivity index is 1.44. The lowest BCUT2D eigenvalue weighted by Crippen LogP contribution is -1.85. The van der Waals surface area contributed by atoms with Gasteiger partial charge in [0.1, 0.15) is 11.2 Å². The maximum atomic E-state index is 6.36. The largest absolute Gasteiger partial charge is 0.456 e. The fourth-order valence-corrected chi connectivity index (χ4v) is 5.56. The van der Waals surface area contributed by atoms with Crippen LogP contribution in [0.1, 0.15) is 0 Å². The predicted molar refractivity (Wildman–Crippen MR) is 147 cm³/mol. The van der Waals surface area contributed by atoms with Gasteiger partial charge in [-0.2, -0.15) is 0 Å². The fraction of sp³-hybridized carbons (Fsp3) is 0. The van der Waals surface area contributed by atoms with Crippen LogP contribution < -0.4 is 0 Å². The summed E-state index contributed by atoms with van der Waals surface area (Å²) in [6.07, 6.45) is 0. The number of para-hydroxylation sites is 1. The van der Waals surface area contributed by atoms with Crippen molar-refractivity contribution in [2.24, 2.45) is 0 Å². The third-order valence-corrected chi connectivity index (χ3v) is 7.23. The molecule has 0 atom stereocenters. The first kappa shape index (κ1) is 18.7. The highest BCUT2D eigenvalue weighted by Crippen LogP contribution is 2.40. The number of benzene rings is 6. The number of hydrogen-bond donors (Lipinski definition) is 0. The van der Waals surface area contributed by atoms with Gasteiger partial charge in [-0.15, -0.1) is 0 Å². The standard InChI is InChI=1S/C33H19NO/c1-6-12-30-20(7-1)13-15-31(34-30)21-14-16-32-28(17-21)29-18-26-24-10-4-2-8-22(24)23-9-3-5-11-25(23)27(26)19-33(29)35-32/h1-19H. The molecule has 0 aliphatic rings. The summed E-state index contributed by atoms with van der Waals surface area (Å²) >= 11 is 0. The predicted octanol–water partition coefficient (Wildman–Crippen LogP) is 9.26. The minimum absolute atomic E-state index is 0.897. The van der Waals surface area contributed by atoms with Gasteiger partial charge in [0.2, 0.25) is 0 Å². The molecule has 0 spiro atoms. The summed E-state index contributed by atoms with van der Waals surface area (Å²) in [6, 6.07) is 40.7. The molecule has 0 fully saturated rings. The van der Waals surface area contributed by atoms with Crippen LogP contribution in [-0.4, -0.2) is 4.98 Å². The molecule has 2 heteroatoms. The van der Waals surface area contributed by atoms with E-state index in [9.17, 15) is 0 Å². The lowest BCUT2D eigenvalue weighted by Gasteiger charge is -2.10. The number of fused-ring (bicyclic) bond motifs is 10. The number of rotatable bonds is 1. The average molecular weight is 446 g/mol. The number of furan rings is 1. The highest BCUT2D eigenvalue weighted by Gasteiger charge is 2.14. The van der Waals surface area contributed by atoms with E-state index in [1.165, 1.54) is 32.3 Å². The topological polar surface area (TPSA) is 26.0 Å². The summed E-state index contributed by atoms with van der Waals surface area (Å²) in [7, 11) is 0. The van der Waals surface area contributed by atoms with Crippen LogP contribution in [0, 0.1) is 0 Å². The highest BCUT2D eigenvalue weighted by atomic mass is 16.3. The molecule has 0 unspecified atom stereocenters. The van der Waals surface area contributed by atoms with E-state index in [-0.39, 0.29) is 0 Å². The van der Waals surface area contributed by atoms with Gasteiger partial charge >= 0.3 is 0 Å². The lowest BCUT2D eigenvalue weighted by atomic mass is 9.93. The van der Waals surface area contributed by atoms with Crippen molar-refractivity contribution in [1.29, 1.82) is 0 Å². The number of nitrogens with zero attached hydrogens (tertiary/aromatic N) is 1. The summed E-state index contributed by atoms with van der Waals surface area (Å²) in [5.74, 6) is 0. The van der Waals surface area contributed by atoms with Gasteiger partial charge in [-0.05, 0) is 74.8 Å². The molecule has 6 aromatic carbocycles. The van der Waals surface area contributed by atoms with Crippen LogP contribution in [0.2, 0.25) is 0 Å². The summed E-state index contributed by atoms with van der Waals surface area (Å²) in [5.41, 5.74) is 4.88. The quantitative estimate of drug-likeness (QED) is 0.235. The van der Waals surface area contributed by atoms with Crippen molar-refractivity contribution in [2.45, 2.75) is 0 Å². The summed E-state index contributed by atoms with van der Waals surface area (Å²) in [4.78, 5) is 4.91. The molecule has 0 radical (unpaired) electrons. The van der Waals surface area contributed by atoms with E-state index in [0.717, 1.165) is 44.1 Å². The Bertz CT molecular complexity index is 2120. The van der Waals surface area contributed by atoms with E-state index in [4.69, 9.17) is 9.40 Å². The maximum Gasteiger partial charge on any atom is 0.136 e. The van der Waals surface area contributed by atoms with E-state index in [0.29, 0.717) is 0 Å². The van der Waals surface area contributed by atoms with Crippen LogP contribution in [0.15, 0.2) is 120 Å². The smallest absolute Gasteiger partial charge is 0.136 e. The molecule has 8 rings (SSSR count). The molecule has 0 amide bonds. The minimum Gasteiger partial charge on any atom is -0.456 e. The summed E-state index contributed by atoms with van der Waals surface area (Å²) in [6.45, 7) is 0. The van der Waals surface area contributed by atoms with Gasteiger partial charge in [0.25, 0.3) is 0 Å². The van der Waals surface area contributed by atoms with Crippen LogP contribution in [-0.2, 0) is 0 Å². The molecule has 0 aliphatic carbocycles. The van der Waals surface area contributed by atoms with Gasteiger partial charge in [0.05, 0.1) is 11.2 Å². The SMILES string of the molecule is c1ccc2nc(-c3ccc4oc5cc6c7ccccc7c7ccccc7c6cc5c4c3)ccc2c1. The molecule has 8 aromatic rings. The second kappa shape index (κ2) is 6.91. The van der Waals surface area contributed by atoms with Crippen LogP contribution >= 0.6 is 0 Å². The van der Waals surface area contributed by atoms with Crippen molar-refractivity contribution in [1.82, 2.24) is 4.98 Å². The van der Waals surface area contributed by atoms with Gasteiger partial charge in [-0.25, -0.2) is 4.98 Å². The fourth-order valence-electron chi connectivity index (χ4n) is 5.56. The molecule has 2 heterocycles. The monoisotopic (exact) mass is 445 g/mol. The zero-order valence-electron chi connectivity index (χ0n) is 18.8. The zero-order valence-corrected chi connectivity index (χ0v) is 18.8. The Morgan fingerprint density at radius 1 is 0.429 bits per heavy atom. The molecular weight excluding hydrogens is 426 g/mol. The van der Waals surface area contributed by atoms with Crippen molar-refractivity contribution in [3.8, 4) is 11.3 Å². The zero-order chi connectivity index (χ0) is 22.9. The first-order valence-corrected chi connectivity index (χ1v) is 11.9. The second-order valence-corrected chi connectivity index (χ2v) is 9.19. The van der Waals surface area contributed by atoms with Crippen molar-refractivity contribution in [2.75, 3.05) is 0 Å². The summed E-state index contributed by atoms with van der Waals surface area (Å²) < 4.78 is 6.36. The molecule has 0 N–H and O–H groups in total. The molecule has 0 saturated heterocycles. The van der Waals surface area contributed by atoms with E-state index >= 15 is 0 Å². The number of pyridine rings is 1. The number of aromatic nitrogens is 1. The van der Waals surface area contributed by atoms with Crippen LogP contribution in [0.4, 0.5) is 0 Å². The average Bonchev–Trinajstić information content (AvgIpc) is 3.29. The van der Waals surface area contributed by atoms with Crippen LogP contribution in [0.25, 0.3) is 76.4 Å². The van der Waals surface area contributed by atoms with Gasteiger partial charge < -0.3 is 4.42 Å². The first-order valence-electron chi connectivity index (χ1n) is 11.9.